The molecule has 612 valence electrons. The average molecular weight is 1580 g/mol. The average Bonchev–Trinajstić information content (AvgIpc) is 1.56. The maximum Gasteiger partial charge on any atom is 0.292 e. The molecule has 9 aromatic rings. The lowest BCUT2D eigenvalue weighted by Gasteiger charge is -2.24. The van der Waals surface area contributed by atoms with Crippen LogP contribution in [0.1, 0.15) is 191 Å². The van der Waals surface area contributed by atoms with Crippen molar-refractivity contribution in [3.8, 4) is 0 Å². The first-order valence-corrected chi connectivity index (χ1v) is 39.9. The second kappa shape index (κ2) is 44.7. The normalized spacial score (nSPS) is 12.6. The molecule has 9 rings (SSSR count). The van der Waals surface area contributed by atoms with E-state index >= 15 is 0 Å². The van der Waals surface area contributed by atoms with E-state index in [1.54, 1.807) is 31.2 Å². The number of para-hydroxylation sites is 1. The van der Waals surface area contributed by atoms with Crippen molar-refractivity contribution in [3.63, 3.8) is 0 Å². The zero-order valence-corrected chi connectivity index (χ0v) is 68.8. The summed E-state index contributed by atoms with van der Waals surface area (Å²) in [6.07, 6.45) is 4.93. The largest absolute Gasteiger partial charge is 0.360 e. The van der Waals surface area contributed by atoms with E-state index in [-0.39, 0.29) is 134 Å². The van der Waals surface area contributed by atoms with Gasteiger partial charge in [-0.15, -0.1) is 0 Å². The van der Waals surface area contributed by atoms with Gasteiger partial charge in [-0.1, -0.05) is 201 Å². The highest BCUT2D eigenvalue weighted by Gasteiger charge is 2.31. The van der Waals surface area contributed by atoms with Gasteiger partial charge in [0.25, 0.3) is 11.7 Å². The van der Waals surface area contributed by atoms with Crippen molar-refractivity contribution in [1.29, 1.82) is 0 Å². The molecule has 0 unspecified atom stereocenters. The quantitative estimate of drug-likeness (QED) is 0.0132. The number of benzene rings is 8. The van der Waals surface area contributed by atoms with E-state index in [4.69, 9.17) is 0 Å². The first kappa shape index (κ1) is 91.3. The van der Waals surface area contributed by atoms with E-state index in [2.05, 4.69) is 60.4 Å². The third-order valence-corrected chi connectivity index (χ3v) is 18.9. The number of fused-ring (bicyclic) bond motifs is 3. The van der Waals surface area contributed by atoms with Crippen LogP contribution in [0.15, 0.2) is 206 Å². The molecular weight excluding hydrogens is 1460 g/mol. The molecule has 0 fully saturated rings. The predicted molar refractivity (Wildman–Crippen MR) is 455 cm³/mol. The Morgan fingerprint density at radius 3 is 1.31 bits per heavy atom. The van der Waals surface area contributed by atoms with Gasteiger partial charge >= 0.3 is 0 Å². The fourth-order valence-corrected chi connectivity index (χ4v) is 13.4. The number of ketones is 6. The lowest BCUT2D eigenvalue weighted by molar-refractivity contribution is -0.132. The number of amides is 7. The number of carbonyl (C=O) groups excluding carboxylic acids is 13. The van der Waals surface area contributed by atoms with Gasteiger partial charge in [-0.2, -0.15) is 0 Å². The number of aromatic amines is 1. The molecule has 0 saturated carbocycles. The number of hydrogen-bond donors (Lipinski definition) is 8. The summed E-state index contributed by atoms with van der Waals surface area (Å²) >= 11 is 0. The van der Waals surface area contributed by atoms with Crippen molar-refractivity contribution in [1.82, 2.24) is 42.2 Å². The minimum atomic E-state index is -0.963. The monoisotopic (exact) mass is 1570 g/mol. The van der Waals surface area contributed by atoms with E-state index in [1.807, 2.05) is 227 Å². The first-order chi connectivity index (χ1) is 55.0. The summed E-state index contributed by atoms with van der Waals surface area (Å²) in [6, 6.07) is 60.1. The van der Waals surface area contributed by atoms with Crippen LogP contribution >= 0.6 is 0 Å². The van der Waals surface area contributed by atoms with Crippen LogP contribution < -0.4 is 37.2 Å². The molecule has 0 aliphatic rings. The highest BCUT2D eigenvalue weighted by atomic mass is 16.2. The Kier molecular flexibility index (Phi) is 35.2. The van der Waals surface area contributed by atoms with Gasteiger partial charge in [0.15, 0.2) is 17.3 Å². The zero-order valence-electron chi connectivity index (χ0n) is 68.8. The van der Waals surface area contributed by atoms with Gasteiger partial charge in [-0.25, -0.2) is 0 Å². The number of H-pyrrole nitrogens is 1. The van der Waals surface area contributed by atoms with Crippen LogP contribution in [0.25, 0.3) is 32.4 Å². The molecule has 21 heteroatoms. The Morgan fingerprint density at radius 1 is 0.345 bits per heavy atom. The molecule has 8 N–H and O–H groups in total. The van der Waals surface area contributed by atoms with Crippen molar-refractivity contribution in [3.05, 3.63) is 240 Å². The van der Waals surface area contributed by atoms with Gasteiger partial charge in [0.05, 0.1) is 36.5 Å². The van der Waals surface area contributed by atoms with Gasteiger partial charge in [-0.3, -0.25) is 62.3 Å². The topological polar surface area (TPSA) is 322 Å². The van der Waals surface area contributed by atoms with Crippen molar-refractivity contribution < 1.29 is 62.3 Å². The third kappa shape index (κ3) is 32.9. The molecular formula is C95H114N8O13. The van der Waals surface area contributed by atoms with Crippen molar-refractivity contribution >= 4 is 108 Å². The van der Waals surface area contributed by atoms with Crippen molar-refractivity contribution in [2.45, 2.75) is 226 Å². The third-order valence-electron chi connectivity index (χ3n) is 18.9. The first-order valence-electron chi connectivity index (χ1n) is 39.9. The number of hydrogen-bond acceptors (Lipinski definition) is 13. The summed E-state index contributed by atoms with van der Waals surface area (Å²) in [5.74, 6) is -4.46. The molecule has 7 amide bonds. The summed E-state index contributed by atoms with van der Waals surface area (Å²) in [7, 11) is 0. The number of aryl methyl sites for hydroxylation is 3. The van der Waals surface area contributed by atoms with Crippen LogP contribution in [0.5, 0.6) is 0 Å². The van der Waals surface area contributed by atoms with Gasteiger partial charge in [0.2, 0.25) is 35.4 Å². The number of rotatable bonds is 38. The molecule has 1 aromatic heterocycles. The second-order valence-corrected chi connectivity index (χ2v) is 32.9. The van der Waals surface area contributed by atoms with E-state index in [0.29, 0.717) is 55.8 Å². The summed E-state index contributed by atoms with van der Waals surface area (Å²) in [6.45, 7) is 20.1. The van der Waals surface area contributed by atoms with Crippen LogP contribution in [-0.2, 0) is 89.6 Å². The minimum absolute atomic E-state index is 0.0561. The maximum absolute atomic E-state index is 13.3. The van der Waals surface area contributed by atoms with Gasteiger partial charge < -0.3 is 42.2 Å². The van der Waals surface area contributed by atoms with Crippen molar-refractivity contribution in [2.75, 3.05) is 0 Å². The van der Waals surface area contributed by atoms with Crippen LogP contribution in [-0.4, -0.2) is 122 Å². The molecule has 5 atom stereocenters. The van der Waals surface area contributed by atoms with Crippen molar-refractivity contribution in [2.24, 2.45) is 5.92 Å². The Balaban J connectivity index is 0.000000241. The summed E-state index contributed by atoms with van der Waals surface area (Å²) in [5, 5.41) is 24.3. The van der Waals surface area contributed by atoms with E-state index in [1.165, 1.54) is 6.20 Å². The Hall–Kier alpha value is -11.9. The van der Waals surface area contributed by atoms with E-state index in [0.717, 1.165) is 49.4 Å². The molecule has 0 aliphatic heterocycles. The Morgan fingerprint density at radius 2 is 0.784 bits per heavy atom. The molecule has 8 aromatic carbocycles. The summed E-state index contributed by atoms with van der Waals surface area (Å²) < 4.78 is 0. The predicted octanol–water partition coefficient (Wildman–Crippen LogP) is 13.7. The molecule has 1 heterocycles. The smallest absolute Gasteiger partial charge is 0.292 e. The number of nitrogens with one attached hydrogen (secondary N) is 8. The minimum Gasteiger partial charge on any atom is -0.360 e. The van der Waals surface area contributed by atoms with Crippen LogP contribution in [0.4, 0.5) is 0 Å². The Bertz CT molecular complexity index is 4850. The fraction of sp³-hybridized carbons (Fsp3) is 0.379. The molecule has 0 aliphatic carbocycles. The van der Waals surface area contributed by atoms with Gasteiger partial charge in [0.1, 0.15) is 11.6 Å². The van der Waals surface area contributed by atoms with Crippen LogP contribution in [0.2, 0.25) is 0 Å². The lowest BCUT2D eigenvalue weighted by Crippen LogP contribution is -2.48. The molecule has 116 heavy (non-hydrogen) atoms. The number of aromatic nitrogens is 1. The molecule has 21 nitrogen and oxygen atoms in total. The standard InChI is InChI=1S/2C33H40N2O4.C29H34N4O5/c1-23(19-27(36)21-26-15-10-14-25-13-8-9-16-28(25)26)20-30(37)29(22-32(39)35-33(2,3)4)34-31(38)18-17-24-11-6-5-7-12-24;1-33(2,3)35-32(39)23-29(34-31(38)22-19-24-11-5-4-6-12-24)30(37)18-10-16-27(36)21-20-26-15-9-14-25-13-7-8-17-28(25)26;1-18(24(34)14-19-10-6-5-7-11-19)31-25(35)15-20(16-26(36)33-29(2,3)4)32-28(38)27(37)22-17-30-23-13-9-8-12-21(22)23/h5-16,23,29H,17-22H2,1-4H3,(H,34,38)(H,35,39);4-9,11-15,17,29H,10,16,18-23H2,1-3H3,(H,34,38)(H,35,39);5-13,17-18,20,30H,14-16H2,1-4H3,(H,31,35)(H,32,38)(H,33,36)/t23-,29-;29-;18-,20+/m000/s1. The Labute approximate surface area is 681 Å². The fourth-order valence-electron chi connectivity index (χ4n) is 13.4. The highest BCUT2D eigenvalue weighted by Crippen LogP contribution is 2.25. The number of carbonyl (C=O) groups is 13. The van der Waals surface area contributed by atoms with Crippen LogP contribution in [0, 0.1) is 5.92 Å². The SMILES string of the molecule is CC(C)(C)NC(=O)C[C@H](NC(=O)CCc1ccccc1)C(=O)CCCC(=O)CCc1cccc2ccccc12.C[C@@H](CC(=O)Cc1cccc2ccccc12)CC(=O)[C@H](CC(=O)NC(C)(C)C)NC(=O)CCc1ccccc1.C[C@H](NC(=O)C[C@H](CC(=O)NC(C)(C)C)NC(=O)C(=O)c1c[nH]c2ccccc12)C(=O)Cc1ccccc1. The second-order valence-electron chi connectivity index (χ2n) is 32.9. The molecule has 0 spiro atoms. The zero-order chi connectivity index (χ0) is 84.5. The molecule has 0 saturated heterocycles. The van der Waals surface area contributed by atoms with E-state index in [9.17, 15) is 62.3 Å². The number of Topliss-reactive ketones (excluding diaryl/α,β-unsaturated/α-hetero) is 6. The molecule has 0 bridgehead atoms. The van der Waals surface area contributed by atoms with Gasteiger partial charge in [0, 0.05) is 110 Å². The van der Waals surface area contributed by atoms with Gasteiger partial charge in [-0.05, 0) is 156 Å². The summed E-state index contributed by atoms with van der Waals surface area (Å²) in [5.41, 5.74) is 4.48. The highest BCUT2D eigenvalue weighted by molar-refractivity contribution is 6.45. The summed E-state index contributed by atoms with van der Waals surface area (Å²) in [4.78, 5) is 169. The lowest BCUT2D eigenvalue weighted by atomic mass is 9.91. The van der Waals surface area contributed by atoms with Crippen LogP contribution in [0.3, 0.4) is 0 Å². The maximum atomic E-state index is 13.3. The molecule has 0 radical (unpaired) electrons. The van der Waals surface area contributed by atoms with E-state index < -0.39 is 58.4 Å².